The highest BCUT2D eigenvalue weighted by Crippen LogP contribution is 2.46. The second-order valence-corrected chi connectivity index (χ2v) is 10.0. The Morgan fingerprint density at radius 3 is 2.78 bits per heavy atom. The standard InChI is InChI=1S/C27H25FN6O2.CH4/c1-15-9-20(28)19(10-23(15)33-11-22(29-13-33)16-5-6-16)27(35)31-21-4-2-3-18-25(21)36-12-24(17-7-8-17)34-14-30-32-26(18)34;/h2-4,9-11,13-14,16-17,24H,5-8,12H2,1H3,(H,31,35);1H4/t24-;/m0./s1. The lowest BCUT2D eigenvalue weighted by Gasteiger charge is -2.17. The summed E-state index contributed by atoms with van der Waals surface area (Å²) in [6.45, 7) is 2.29. The molecule has 1 amide bonds. The number of anilines is 1. The Bertz CT molecular complexity index is 1500. The Morgan fingerprint density at radius 2 is 2.00 bits per heavy atom. The highest BCUT2D eigenvalue weighted by molar-refractivity contribution is 6.06. The van der Waals surface area contributed by atoms with E-state index in [0.717, 1.165) is 48.2 Å². The molecule has 0 saturated heterocycles. The van der Waals surface area contributed by atoms with E-state index < -0.39 is 11.7 Å². The lowest BCUT2D eigenvalue weighted by molar-refractivity contribution is 0.102. The van der Waals surface area contributed by atoms with Gasteiger partial charge in [-0.1, -0.05) is 13.5 Å². The summed E-state index contributed by atoms with van der Waals surface area (Å²) in [5.74, 6) is 1.17. The van der Waals surface area contributed by atoms with Crippen LogP contribution in [0.15, 0.2) is 49.2 Å². The van der Waals surface area contributed by atoms with Gasteiger partial charge in [0.2, 0.25) is 0 Å². The first-order valence-corrected chi connectivity index (χ1v) is 12.4. The number of nitrogens with zero attached hydrogens (tertiary/aromatic N) is 5. The van der Waals surface area contributed by atoms with Crippen molar-refractivity contribution in [2.24, 2.45) is 5.92 Å². The van der Waals surface area contributed by atoms with Crippen LogP contribution in [0.5, 0.6) is 5.75 Å². The molecular formula is C28H29FN6O2. The first kappa shape index (κ1) is 23.4. The molecule has 0 unspecified atom stereocenters. The molecule has 1 aliphatic heterocycles. The molecule has 0 spiro atoms. The zero-order chi connectivity index (χ0) is 24.4. The average Bonchev–Trinajstić information content (AvgIpc) is 3.79. The van der Waals surface area contributed by atoms with Gasteiger partial charge in [-0.25, -0.2) is 9.37 Å². The summed E-state index contributed by atoms with van der Waals surface area (Å²) in [4.78, 5) is 17.8. The number of hydrogen-bond acceptors (Lipinski definition) is 5. The van der Waals surface area contributed by atoms with E-state index in [1.54, 1.807) is 24.8 Å². The molecule has 1 N–H and O–H groups in total. The van der Waals surface area contributed by atoms with Crippen molar-refractivity contribution in [1.29, 1.82) is 0 Å². The van der Waals surface area contributed by atoms with Crippen molar-refractivity contribution in [1.82, 2.24) is 24.3 Å². The number of fused-ring (bicyclic) bond motifs is 3. The zero-order valence-electron chi connectivity index (χ0n) is 19.8. The maximum absolute atomic E-state index is 15.0. The lowest BCUT2D eigenvalue weighted by atomic mass is 10.1. The number of ether oxygens (including phenoxy) is 1. The Hall–Kier alpha value is -4.01. The molecule has 0 bridgehead atoms. The molecule has 37 heavy (non-hydrogen) atoms. The number of nitrogens with one attached hydrogen (secondary N) is 1. The van der Waals surface area contributed by atoms with Gasteiger partial charge in [0.1, 0.15) is 18.8 Å². The van der Waals surface area contributed by atoms with Gasteiger partial charge in [0.25, 0.3) is 5.91 Å². The van der Waals surface area contributed by atoms with Crippen LogP contribution in [0.2, 0.25) is 0 Å². The summed E-state index contributed by atoms with van der Waals surface area (Å²) in [6.07, 6.45) is 10.0. The van der Waals surface area contributed by atoms with Gasteiger partial charge in [0.05, 0.1) is 40.6 Å². The first-order valence-electron chi connectivity index (χ1n) is 12.4. The number of carbonyl (C=O) groups is 1. The molecule has 8 nitrogen and oxygen atoms in total. The van der Waals surface area contributed by atoms with Crippen LogP contribution in [0.4, 0.5) is 10.1 Å². The minimum atomic E-state index is -0.576. The Kier molecular flexibility index (Phi) is 5.58. The number of aromatic nitrogens is 5. The molecular weight excluding hydrogens is 471 g/mol. The van der Waals surface area contributed by atoms with E-state index >= 15 is 4.39 Å². The lowest BCUT2D eigenvalue weighted by Crippen LogP contribution is -2.18. The predicted octanol–water partition coefficient (Wildman–Crippen LogP) is 5.69. The third-order valence-electron chi connectivity index (χ3n) is 7.41. The second kappa shape index (κ2) is 8.83. The number of benzene rings is 2. The van der Waals surface area contributed by atoms with E-state index in [2.05, 4.69) is 25.1 Å². The Labute approximate surface area is 214 Å². The summed E-state index contributed by atoms with van der Waals surface area (Å²) < 4.78 is 25.2. The van der Waals surface area contributed by atoms with Crippen molar-refractivity contribution < 1.29 is 13.9 Å². The molecule has 2 fully saturated rings. The number of amides is 1. The number of rotatable bonds is 5. The minimum Gasteiger partial charge on any atom is -0.488 e. The number of para-hydroxylation sites is 1. The largest absolute Gasteiger partial charge is 0.488 e. The molecule has 2 aromatic heterocycles. The van der Waals surface area contributed by atoms with Crippen molar-refractivity contribution in [2.45, 2.75) is 52.0 Å². The van der Waals surface area contributed by atoms with Gasteiger partial charge in [-0.15, -0.1) is 10.2 Å². The fourth-order valence-corrected chi connectivity index (χ4v) is 5.10. The van der Waals surface area contributed by atoms with Gasteiger partial charge in [0.15, 0.2) is 11.6 Å². The summed E-state index contributed by atoms with van der Waals surface area (Å²) >= 11 is 0. The van der Waals surface area contributed by atoms with Crippen LogP contribution in [0.1, 0.15) is 66.7 Å². The minimum absolute atomic E-state index is 0. The SMILES string of the molecule is C.Cc1cc(F)c(C(=O)Nc2cccc3c2OC[C@@H](C2CC2)n2cnnc2-3)cc1-n1cnc(C2CC2)c1. The maximum atomic E-state index is 15.0. The van der Waals surface area contributed by atoms with Gasteiger partial charge in [-0.3, -0.25) is 4.79 Å². The summed E-state index contributed by atoms with van der Waals surface area (Å²) in [6, 6.07) is 8.63. The van der Waals surface area contributed by atoms with Gasteiger partial charge in [-0.05, 0) is 68.4 Å². The van der Waals surface area contributed by atoms with Crippen LogP contribution < -0.4 is 10.1 Å². The molecule has 4 aromatic rings. The fraction of sp³-hybridized carbons (Fsp3) is 0.357. The molecule has 3 heterocycles. The number of carbonyl (C=O) groups excluding carboxylic acids is 1. The fourth-order valence-electron chi connectivity index (χ4n) is 5.10. The van der Waals surface area contributed by atoms with Gasteiger partial charge in [-0.2, -0.15) is 0 Å². The maximum Gasteiger partial charge on any atom is 0.258 e. The van der Waals surface area contributed by atoms with Crippen molar-refractivity contribution in [3.63, 3.8) is 0 Å². The highest BCUT2D eigenvalue weighted by atomic mass is 19.1. The van der Waals surface area contributed by atoms with Crippen molar-refractivity contribution in [3.05, 3.63) is 71.8 Å². The van der Waals surface area contributed by atoms with Crippen LogP contribution in [0.25, 0.3) is 17.1 Å². The molecule has 2 aliphatic carbocycles. The highest BCUT2D eigenvalue weighted by Gasteiger charge is 2.37. The van der Waals surface area contributed by atoms with Crippen molar-refractivity contribution in [3.8, 4) is 22.8 Å². The van der Waals surface area contributed by atoms with Gasteiger partial charge >= 0.3 is 0 Å². The summed E-state index contributed by atoms with van der Waals surface area (Å²) in [7, 11) is 0. The van der Waals surface area contributed by atoms with E-state index in [1.807, 2.05) is 29.8 Å². The molecule has 190 valence electrons. The average molecular weight is 501 g/mol. The second-order valence-electron chi connectivity index (χ2n) is 10.0. The monoisotopic (exact) mass is 500 g/mol. The number of aryl methyl sites for hydroxylation is 1. The summed E-state index contributed by atoms with van der Waals surface area (Å²) in [5, 5.41) is 11.3. The predicted molar refractivity (Wildman–Crippen MR) is 138 cm³/mol. The molecule has 2 saturated carbocycles. The molecule has 0 radical (unpaired) electrons. The quantitative estimate of drug-likeness (QED) is 0.381. The smallest absolute Gasteiger partial charge is 0.258 e. The van der Waals surface area contributed by atoms with E-state index in [4.69, 9.17) is 4.74 Å². The normalized spacial score (nSPS) is 18.2. The van der Waals surface area contributed by atoms with E-state index in [1.165, 1.54) is 6.07 Å². The molecule has 1 atom stereocenters. The Balaban J connectivity index is 0.00000252. The van der Waals surface area contributed by atoms with E-state index in [0.29, 0.717) is 35.7 Å². The number of imidazole rings is 1. The van der Waals surface area contributed by atoms with Crippen LogP contribution in [-0.4, -0.2) is 36.8 Å². The van der Waals surface area contributed by atoms with Crippen LogP contribution in [0.3, 0.4) is 0 Å². The number of hydrogen-bond donors (Lipinski definition) is 1. The summed E-state index contributed by atoms with van der Waals surface area (Å²) in [5.41, 5.74) is 3.68. The van der Waals surface area contributed by atoms with Crippen LogP contribution in [-0.2, 0) is 0 Å². The molecule has 7 rings (SSSR count). The molecule has 9 heteroatoms. The first-order chi connectivity index (χ1) is 17.6. The van der Waals surface area contributed by atoms with Crippen molar-refractivity contribution >= 4 is 11.6 Å². The molecule has 3 aliphatic rings. The van der Waals surface area contributed by atoms with E-state index in [-0.39, 0.29) is 19.0 Å². The third kappa shape index (κ3) is 4.08. The van der Waals surface area contributed by atoms with Crippen LogP contribution >= 0.6 is 0 Å². The van der Waals surface area contributed by atoms with Crippen LogP contribution in [0, 0.1) is 18.7 Å². The zero-order valence-corrected chi connectivity index (χ0v) is 19.8. The van der Waals surface area contributed by atoms with E-state index in [9.17, 15) is 4.79 Å². The topological polar surface area (TPSA) is 86.9 Å². The van der Waals surface area contributed by atoms with Gasteiger partial charge < -0.3 is 19.2 Å². The number of halogens is 1. The Morgan fingerprint density at radius 1 is 1.16 bits per heavy atom. The van der Waals surface area contributed by atoms with Crippen molar-refractivity contribution in [2.75, 3.05) is 11.9 Å². The van der Waals surface area contributed by atoms with Gasteiger partial charge in [0, 0.05) is 12.1 Å². The third-order valence-corrected chi connectivity index (χ3v) is 7.41. The molecule has 2 aromatic carbocycles.